The van der Waals surface area contributed by atoms with Crippen LogP contribution in [0.4, 0.5) is 17.1 Å². The van der Waals surface area contributed by atoms with Gasteiger partial charge in [-0.15, -0.1) is 0 Å². The number of benzene rings is 4. The number of amides is 5. The molecule has 6 N–H and O–H groups in total. The van der Waals surface area contributed by atoms with Gasteiger partial charge < -0.3 is 40.4 Å². The quantitative estimate of drug-likeness (QED) is 0.0570. The lowest BCUT2D eigenvalue weighted by Gasteiger charge is -2.40. The Morgan fingerprint density at radius 3 is 2.28 bits per heavy atom. The molecule has 0 bridgehead atoms. The molecule has 4 aromatic carbocycles. The van der Waals surface area contributed by atoms with Crippen molar-refractivity contribution in [3.63, 3.8) is 0 Å². The number of hydrogen-bond donors (Lipinski definition) is 6. The Morgan fingerprint density at radius 1 is 0.846 bits per heavy atom. The van der Waals surface area contributed by atoms with Crippen molar-refractivity contribution in [2.24, 2.45) is 0 Å². The molecule has 1 spiro atoms. The monoisotopic (exact) mass is 903 g/mol. The molecule has 0 aliphatic carbocycles. The molecule has 16 heteroatoms. The third kappa shape index (κ3) is 9.24. The maximum atomic E-state index is 14.1. The van der Waals surface area contributed by atoms with E-state index in [1.165, 1.54) is 0 Å². The van der Waals surface area contributed by atoms with Crippen LogP contribution in [0, 0.1) is 0 Å². The first-order valence-corrected chi connectivity index (χ1v) is 22.3. The number of imide groups is 1. The van der Waals surface area contributed by atoms with E-state index < -0.39 is 29.0 Å². The van der Waals surface area contributed by atoms with E-state index in [4.69, 9.17) is 25.8 Å². The number of hydrogen-bond acceptors (Lipinski definition) is 11. The van der Waals surface area contributed by atoms with Gasteiger partial charge in [-0.3, -0.25) is 34.6 Å². The minimum absolute atomic E-state index is 0.197. The zero-order valence-electron chi connectivity index (χ0n) is 36.5. The third-order valence-electron chi connectivity index (χ3n) is 12.8. The zero-order valence-corrected chi connectivity index (χ0v) is 37.2. The first kappa shape index (κ1) is 45.5. The van der Waals surface area contributed by atoms with Gasteiger partial charge in [0, 0.05) is 82.0 Å². The number of fused-ring (bicyclic) bond motifs is 3. The second-order valence-electron chi connectivity index (χ2n) is 17.0. The molecule has 2 saturated heterocycles. The smallest absolute Gasteiger partial charge is 0.251 e. The summed E-state index contributed by atoms with van der Waals surface area (Å²) in [5.41, 5.74) is 5.06. The molecule has 65 heavy (non-hydrogen) atoms. The first-order chi connectivity index (χ1) is 31.4. The topological polar surface area (TPSA) is 188 Å². The summed E-state index contributed by atoms with van der Waals surface area (Å²) in [7, 11) is 0. The molecule has 5 amide bonds. The van der Waals surface area contributed by atoms with Crippen LogP contribution >= 0.6 is 11.6 Å². The van der Waals surface area contributed by atoms with Crippen LogP contribution in [-0.2, 0) is 45.3 Å². The van der Waals surface area contributed by atoms with Crippen LogP contribution in [0.3, 0.4) is 0 Å². The van der Waals surface area contributed by atoms with Gasteiger partial charge in [-0.25, -0.2) is 0 Å². The molecule has 2 fully saturated rings. The Kier molecular flexibility index (Phi) is 13.7. The molecule has 1 unspecified atom stereocenters. The van der Waals surface area contributed by atoms with Crippen molar-refractivity contribution in [3.05, 3.63) is 130 Å². The Labute approximate surface area is 383 Å². The fourth-order valence-corrected chi connectivity index (χ4v) is 9.91. The molecular weight excluding hydrogens is 850 g/mol. The van der Waals surface area contributed by atoms with E-state index >= 15 is 0 Å². The molecule has 8 rings (SSSR count). The summed E-state index contributed by atoms with van der Waals surface area (Å²) in [6.45, 7) is 11.9. The molecular formula is C49H54ClN7O8. The SMILES string of the molecule is C=C1c2cccc(NCCOCCOCCOCCNC(=O)c3ccc(NC(=O)[C@@H]4NC(C)(C)[C@@]5(C(=O)Nc6cc(Cl)ccc65)[C@H]4c4ccccc4)cc3)c2CN1C1CCC(=O)NC1=O. The van der Waals surface area contributed by atoms with Crippen LogP contribution in [0.1, 0.15) is 65.2 Å². The van der Waals surface area contributed by atoms with Crippen LogP contribution in [0.5, 0.6) is 0 Å². The number of anilines is 3. The molecule has 4 atom stereocenters. The second kappa shape index (κ2) is 19.6. The highest BCUT2D eigenvalue weighted by atomic mass is 35.5. The number of halogens is 1. The van der Waals surface area contributed by atoms with Gasteiger partial charge in [0.25, 0.3) is 5.91 Å². The highest BCUT2D eigenvalue weighted by molar-refractivity contribution is 6.31. The number of carbonyl (C=O) groups excluding carboxylic acids is 5. The average molecular weight is 904 g/mol. The summed E-state index contributed by atoms with van der Waals surface area (Å²) in [4.78, 5) is 67.2. The Hall–Kier alpha value is -6.10. The van der Waals surface area contributed by atoms with Gasteiger partial charge in [-0.05, 0) is 73.9 Å². The van der Waals surface area contributed by atoms with Crippen LogP contribution in [0.15, 0.2) is 97.6 Å². The van der Waals surface area contributed by atoms with Crippen LogP contribution in [0.2, 0.25) is 5.02 Å². The van der Waals surface area contributed by atoms with Gasteiger partial charge in [0.15, 0.2) is 0 Å². The van der Waals surface area contributed by atoms with E-state index in [1.807, 2.05) is 73.3 Å². The van der Waals surface area contributed by atoms with E-state index in [2.05, 4.69) is 38.5 Å². The lowest BCUT2D eigenvalue weighted by molar-refractivity contribution is -0.136. The third-order valence-corrected chi connectivity index (χ3v) is 13.0. The van der Waals surface area contributed by atoms with E-state index in [9.17, 15) is 24.0 Å². The molecule has 0 saturated carbocycles. The van der Waals surface area contributed by atoms with Crippen molar-refractivity contribution in [1.29, 1.82) is 0 Å². The molecule has 0 radical (unpaired) electrons. The first-order valence-electron chi connectivity index (χ1n) is 21.9. The van der Waals surface area contributed by atoms with Gasteiger partial charge in [0.05, 0.1) is 45.7 Å². The molecule has 0 aromatic heterocycles. The van der Waals surface area contributed by atoms with Crippen molar-refractivity contribution < 1.29 is 38.2 Å². The summed E-state index contributed by atoms with van der Waals surface area (Å²) < 4.78 is 17.0. The van der Waals surface area contributed by atoms with E-state index in [0.717, 1.165) is 33.6 Å². The highest BCUT2D eigenvalue weighted by Gasteiger charge is 2.69. The van der Waals surface area contributed by atoms with Crippen LogP contribution < -0.4 is 31.9 Å². The average Bonchev–Trinajstić information content (AvgIpc) is 3.88. The second-order valence-corrected chi connectivity index (χ2v) is 17.5. The fourth-order valence-electron chi connectivity index (χ4n) is 9.74. The summed E-state index contributed by atoms with van der Waals surface area (Å²) >= 11 is 6.32. The van der Waals surface area contributed by atoms with E-state index in [-0.39, 0.29) is 29.5 Å². The largest absolute Gasteiger partial charge is 0.382 e. The summed E-state index contributed by atoms with van der Waals surface area (Å²) in [5, 5.41) is 18.8. The van der Waals surface area contributed by atoms with Crippen molar-refractivity contribution in [2.45, 2.75) is 62.2 Å². The van der Waals surface area contributed by atoms with Crippen molar-refractivity contribution in [3.8, 4) is 0 Å². The normalized spacial score (nSPS) is 21.8. The number of piperidine rings is 1. The minimum Gasteiger partial charge on any atom is -0.382 e. The maximum absolute atomic E-state index is 14.1. The Morgan fingerprint density at radius 2 is 1.55 bits per heavy atom. The lowest BCUT2D eigenvalue weighted by Crippen LogP contribution is -2.55. The predicted octanol–water partition coefficient (Wildman–Crippen LogP) is 5.19. The van der Waals surface area contributed by atoms with Crippen LogP contribution in [-0.4, -0.2) is 105 Å². The molecule has 4 aliphatic rings. The van der Waals surface area contributed by atoms with E-state index in [0.29, 0.717) is 94.1 Å². The highest BCUT2D eigenvalue weighted by Crippen LogP contribution is 2.58. The maximum Gasteiger partial charge on any atom is 0.251 e. The van der Waals surface area contributed by atoms with Gasteiger partial charge in [-0.1, -0.05) is 66.7 Å². The fraction of sp³-hybridized carbons (Fsp3) is 0.367. The van der Waals surface area contributed by atoms with Crippen molar-refractivity contribution >= 4 is 63.9 Å². The molecule has 15 nitrogen and oxygen atoms in total. The van der Waals surface area contributed by atoms with Gasteiger partial charge in [0.1, 0.15) is 11.5 Å². The Bertz CT molecular complexity index is 2470. The van der Waals surface area contributed by atoms with Gasteiger partial charge in [0.2, 0.25) is 23.6 Å². The molecule has 4 heterocycles. The van der Waals surface area contributed by atoms with Crippen molar-refractivity contribution in [2.75, 3.05) is 68.7 Å². The predicted molar refractivity (Wildman–Crippen MR) is 247 cm³/mol. The van der Waals surface area contributed by atoms with E-state index in [1.54, 1.807) is 36.4 Å². The molecule has 4 aliphatic heterocycles. The number of nitrogens with zero attached hydrogens (tertiary/aromatic N) is 1. The zero-order chi connectivity index (χ0) is 45.7. The molecule has 4 aromatic rings. The van der Waals surface area contributed by atoms with Crippen LogP contribution in [0.25, 0.3) is 5.70 Å². The summed E-state index contributed by atoms with van der Waals surface area (Å²) in [5.74, 6) is -1.85. The Balaban J connectivity index is 0.719. The summed E-state index contributed by atoms with van der Waals surface area (Å²) in [6, 6.07) is 26.4. The number of carbonyl (C=O) groups is 5. The molecule has 340 valence electrons. The van der Waals surface area contributed by atoms with Crippen molar-refractivity contribution in [1.82, 2.24) is 20.9 Å². The summed E-state index contributed by atoms with van der Waals surface area (Å²) in [6.07, 6.45) is 0.786. The minimum atomic E-state index is -1.11. The number of rotatable bonds is 18. The van der Waals surface area contributed by atoms with Gasteiger partial charge in [-0.2, -0.15) is 0 Å². The lowest BCUT2D eigenvalue weighted by atomic mass is 9.60. The number of nitrogens with one attached hydrogen (secondary N) is 6. The number of ether oxygens (including phenoxy) is 3. The standard InChI is InChI=1S/C49H54ClN7O8/c1-30-35-10-7-11-38(36(35)29-57(30)40-18-19-41(58)55-45(40)60)51-20-22-63-24-26-65-27-25-64-23-21-52-44(59)32-12-15-34(16-13-32)53-46(61)43-42(31-8-5-4-6-9-31)49(48(2,3)56-43)37-17-14-33(50)28-39(37)54-47(49)62/h4-17,28,40,42-43,51,56H,1,18-27,29H2,2-3H3,(H,52,59)(H,53,61)(H,54,62)(H,55,58,60)/t40?,42-,43+,49+/m0/s1. The van der Waals surface area contributed by atoms with Gasteiger partial charge >= 0.3 is 0 Å².